The van der Waals surface area contributed by atoms with Crippen LogP contribution in [-0.4, -0.2) is 23.7 Å². The Balaban J connectivity index is 1.58. The van der Waals surface area contributed by atoms with Crippen molar-refractivity contribution in [2.24, 2.45) is 4.99 Å². The van der Waals surface area contributed by atoms with Gasteiger partial charge in [0.1, 0.15) is 6.17 Å². The summed E-state index contributed by atoms with van der Waals surface area (Å²) in [5.74, 6) is 0. The Hall–Kier alpha value is -1.84. The van der Waals surface area contributed by atoms with Crippen molar-refractivity contribution < 1.29 is 0 Å². The first kappa shape index (κ1) is 14.7. The van der Waals surface area contributed by atoms with Gasteiger partial charge in [0.25, 0.3) is 0 Å². The first-order chi connectivity index (χ1) is 11.2. The summed E-state index contributed by atoms with van der Waals surface area (Å²) in [5, 5.41) is 6.67. The maximum Gasteiger partial charge on any atom is 0.136 e. The predicted octanol–water partition coefficient (Wildman–Crippen LogP) is 2.46. The van der Waals surface area contributed by atoms with Crippen molar-refractivity contribution in [2.75, 3.05) is 6.54 Å². The van der Waals surface area contributed by atoms with Crippen LogP contribution in [0.4, 0.5) is 0 Å². The van der Waals surface area contributed by atoms with Crippen LogP contribution in [0.15, 0.2) is 53.5 Å². The fourth-order valence-electron chi connectivity index (χ4n) is 3.50. The van der Waals surface area contributed by atoms with Crippen LogP contribution < -0.4 is 15.9 Å². The lowest BCUT2D eigenvalue weighted by atomic mass is 10.1. The molecule has 4 rings (SSSR count). The van der Waals surface area contributed by atoms with E-state index in [-0.39, 0.29) is 6.17 Å². The molecule has 0 aliphatic carbocycles. The standard InChI is InChI=1S/C19H20ClN3/c1-13(14-5-3-2-4-6-14)21-18-9-10-23-12-15-11-16(20)7-8-17(15)22-19(18)23/h2-8,11-13,18-19,21H,9-10H2,1H3. The smallest absolute Gasteiger partial charge is 0.136 e. The Kier molecular flexibility index (Phi) is 3.83. The van der Waals surface area contributed by atoms with Crippen molar-refractivity contribution in [1.82, 2.24) is 10.2 Å². The van der Waals surface area contributed by atoms with Gasteiger partial charge >= 0.3 is 0 Å². The number of benzene rings is 2. The molecule has 0 bridgehead atoms. The van der Waals surface area contributed by atoms with Gasteiger partial charge in [-0.1, -0.05) is 41.9 Å². The summed E-state index contributed by atoms with van der Waals surface area (Å²) in [4.78, 5) is 7.28. The third-order valence-electron chi connectivity index (χ3n) is 4.73. The van der Waals surface area contributed by atoms with Crippen LogP contribution in [0.5, 0.6) is 0 Å². The Morgan fingerprint density at radius 2 is 2.04 bits per heavy atom. The van der Waals surface area contributed by atoms with Gasteiger partial charge in [-0.3, -0.25) is 4.99 Å². The van der Waals surface area contributed by atoms with Gasteiger partial charge in [0.2, 0.25) is 0 Å². The van der Waals surface area contributed by atoms with Crippen LogP contribution in [0.3, 0.4) is 0 Å². The zero-order valence-electron chi connectivity index (χ0n) is 13.1. The van der Waals surface area contributed by atoms with Gasteiger partial charge in [-0.05, 0) is 37.1 Å². The van der Waals surface area contributed by atoms with Gasteiger partial charge in [-0.25, -0.2) is 0 Å². The summed E-state index contributed by atoms with van der Waals surface area (Å²) < 4.78 is 0. The molecule has 3 atom stereocenters. The largest absolute Gasteiger partial charge is 0.354 e. The number of fused-ring (bicyclic) bond motifs is 2. The van der Waals surface area contributed by atoms with E-state index in [0.717, 1.165) is 28.6 Å². The molecule has 0 radical (unpaired) electrons. The highest BCUT2D eigenvalue weighted by molar-refractivity contribution is 6.30. The van der Waals surface area contributed by atoms with E-state index in [1.807, 2.05) is 18.2 Å². The molecule has 2 aliphatic heterocycles. The van der Waals surface area contributed by atoms with Crippen molar-refractivity contribution in [3.05, 3.63) is 69.7 Å². The van der Waals surface area contributed by atoms with Gasteiger partial charge in [0.05, 0.1) is 5.36 Å². The summed E-state index contributed by atoms with van der Waals surface area (Å²) in [6.45, 7) is 3.25. The van der Waals surface area contributed by atoms with Gasteiger partial charge in [-0.15, -0.1) is 0 Å². The van der Waals surface area contributed by atoms with Crippen LogP contribution in [0.1, 0.15) is 24.9 Å². The number of hydrogen-bond acceptors (Lipinski definition) is 3. The van der Waals surface area contributed by atoms with E-state index in [4.69, 9.17) is 16.6 Å². The first-order valence-corrected chi connectivity index (χ1v) is 8.50. The highest BCUT2D eigenvalue weighted by Crippen LogP contribution is 2.23. The molecular weight excluding hydrogens is 306 g/mol. The molecular formula is C19H20ClN3. The van der Waals surface area contributed by atoms with Gasteiger partial charge in [0, 0.05) is 35.1 Å². The monoisotopic (exact) mass is 325 g/mol. The number of nitrogens with one attached hydrogen (secondary N) is 1. The Labute approximate surface area is 141 Å². The second-order valence-electron chi connectivity index (χ2n) is 6.31. The molecule has 2 heterocycles. The van der Waals surface area contributed by atoms with Crippen molar-refractivity contribution in [3.8, 4) is 0 Å². The summed E-state index contributed by atoms with van der Waals surface area (Å²) in [6.07, 6.45) is 3.48. The number of hydrogen-bond donors (Lipinski definition) is 1. The normalized spacial score (nSPS) is 23.5. The maximum absolute atomic E-state index is 6.09. The van der Waals surface area contributed by atoms with Crippen molar-refractivity contribution in [1.29, 1.82) is 0 Å². The minimum Gasteiger partial charge on any atom is -0.354 e. The van der Waals surface area contributed by atoms with Gasteiger partial charge in [0.15, 0.2) is 0 Å². The summed E-state index contributed by atoms with van der Waals surface area (Å²) >= 11 is 6.09. The molecule has 1 saturated heterocycles. The van der Waals surface area contributed by atoms with E-state index >= 15 is 0 Å². The lowest BCUT2D eigenvalue weighted by molar-refractivity contribution is 0.321. The lowest BCUT2D eigenvalue weighted by Crippen LogP contribution is -2.46. The summed E-state index contributed by atoms with van der Waals surface area (Å²) in [5.41, 5.74) is 1.32. The van der Waals surface area contributed by atoms with Crippen molar-refractivity contribution >= 4 is 17.8 Å². The van der Waals surface area contributed by atoms with E-state index in [1.54, 1.807) is 0 Å². The van der Waals surface area contributed by atoms with E-state index in [9.17, 15) is 0 Å². The molecule has 0 aromatic heterocycles. The lowest BCUT2D eigenvalue weighted by Gasteiger charge is -2.28. The molecule has 23 heavy (non-hydrogen) atoms. The van der Waals surface area contributed by atoms with Crippen LogP contribution in [-0.2, 0) is 0 Å². The van der Waals surface area contributed by atoms with Gasteiger partial charge < -0.3 is 10.2 Å². The fraction of sp³-hybridized carbons (Fsp3) is 0.316. The molecule has 2 aromatic carbocycles. The average Bonchev–Trinajstić information content (AvgIpc) is 2.95. The molecule has 0 spiro atoms. The molecule has 4 heteroatoms. The summed E-state index contributed by atoms with van der Waals surface area (Å²) in [7, 11) is 0. The topological polar surface area (TPSA) is 27.6 Å². The molecule has 118 valence electrons. The molecule has 2 aliphatic rings. The molecule has 0 saturated carbocycles. The second kappa shape index (κ2) is 5.99. The number of halogens is 1. The van der Waals surface area contributed by atoms with Crippen LogP contribution >= 0.6 is 11.6 Å². The third-order valence-corrected chi connectivity index (χ3v) is 4.96. The van der Waals surface area contributed by atoms with Crippen LogP contribution in [0.25, 0.3) is 6.20 Å². The maximum atomic E-state index is 6.09. The average molecular weight is 326 g/mol. The van der Waals surface area contributed by atoms with E-state index < -0.39 is 0 Å². The molecule has 2 aromatic rings. The fourth-order valence-corrected chi connectivity index (χ4v) is 3.68. The van der Waals surface area contributed by atoms with Crippen molar-refractivity contribution in [2.45, 2.75) is 31.6 Å². The summed E-state index contributed by atoms with van der Waals surface area (Å²) in [6, 6.07) is 17.2. The van der Waals surface area contributed by atoms with Crippen molar-refractivity contribution in [3.63, 3.8) is 0 Å². The SMILES string of the molecule is CC(NC1CCN2C=c3cc(Cl)ccc3=NC12)c1ccccc1. The highest BCUT2D eigenvalue weighted by atomic mass is 35.5. The zero-order chi connectivity index (χ0) is 15.8. The highest BCUT2D eigenvalue weighted by Gasteiger charge is 2.34. The van der Waals surface area contributed by atoms with Gasteiger partial charge in [-0.2, -0.15) is 0 Å². The zero-order valence-corrected chi connectivity index (χ0v) is 13.9. The Morgan fingerprint density at radius 1 is 1.22 bits per heavy atom. The third kappa shape index (κ3) is 2.87. The molecule has 3 nitrogen and oxygen atoms in total. The number of rotatable bonds is 3. The van der Waals surface area contributed by atoms with E-state index in [0.29, 0.717) is 12.1 Å². The Bertz CT molecular complexity index is 818. The molecule has 1 fully saturated rings. The van der Waals surface area contributed by atoms with Crippen LogP contribution in [0, 0.1) is 0 Å². The number of nitrogens with zero attached hydrogens (tertiary/aromatic N) is 2. The minimum atomic E-state index is 0.176. The van der Waals surface area contributed by atoms with E-state index in [1.165, 1.54) is 5.56 Å². The van der Waals surface area contributed by atoms with E-state index in [2.05, 4.69) is 53.7 Å². The second-order valence-corrected chi connectivity index (χ2v) is 6.74. The molecule has 0 amide bonds. The first-order valence-electron chi connectivity index (χ1n) is 8.13. The predicted molar refractivity (Wildman–Crippen MR) is 93.6 cm³/mol. The minimum absolute atomic E-state index is 0.176. The molecule has 1 N–H and O–H groups in total. The van der Waals surface area contributed by atoms with Crippen LogP contribution in [0.2, 0.25) is 5.02 Å². The quantitative estimate of drug-likeness (QED) is 0.938. The Morgan fingerprint density at radius 3 is 2.87 bits per heavy atom. The molecule has 3 unspecified atom stereocenters.